The van der Waals surface area contributed by atoms with Crippen molar-refractivity contribution in [2.75, 3.05) is 26.2 Å². The van der Waals surface area contributed by atoms with Crippen LogP contribution in [0.3, 0.4) is 0 Å². The van der Waals surface area contributed by atoms with Gasteiger partial charge in [0.1, 0.15) is 6.23 Å². The molecule has 54 valence electrons. The molecular formula is C6H14N2O. The van der Waals surface area contributed by atoms with Crippen LogP contribution in [0.4, 0.5) is 0 Å². The molecule has 0 bridgehead atoms. The first-order chi connectivity index (χ1) is 4.43. The van der Waals surface area contributed by atoms with Crippen LogP contribution in [0.15, 0.2) is 0 Å². The smallest absolute Gasteiger partial charge is 0.120 e. The van der Waals surface area contributed by atoms with E-state index in [1.807, 2.05) is 0 Å². The zero-order valence-electron chi connectivity index (χ0n) is 5.81. The van der Waals surface area contributed by atoms with Gasteiger partial charge in [0.05, 0.1) is 6.61 Å². The zero-order valence-corrected chi connectivity index (χ0v) is 5.81. The van der Waals surface area contributed by atoms with E-state index in [4.69, 9.17) is 4.74 Å². The molecule has 0 radical (unpaired) electrons. The van der Waals surface area contributed by atoms with E-state index in [0.29, 0.717) is 0 Å². The van der Waals surface area contributed by atoms with Crippen molar-refractivity contribution in [3.05, 3.63) is 0 Å². The predicted octanol–water partition coefficient (Wildman–Crippen LogP) is -0.458. The van der Waals surface area contributed by atoms with Crippen molar-refractivity contribution in [2.45, 2.75) is 13.2 Å². The number of likely N-dealkylation sites (N-methyl/N-ethyl adjacent to an activating group) is 1. The van der Waals surface area contributed by atoms with Crippen LogP contribution in [0, 0.1) is 0 Å². The van der Waals surface area contributed by atoms with Gasteiger partial charge in [0.25, 0.3) is 0 Å². The van der Waals surface area contributed by atoms with Crippen LogP contribution in [-0.4, -0.2) is 32.5 Å². The van der Waals surface area contributed by atoms with Crippen molar-refractivity contribution < 1.29 is 4.74 Å². The molecule has 2 N–H and O–H groups in total. The highest BCUT2D eigenvalue weighted by Gasteiger charge is 2.09. The Morgan fingerprint density at radius 3 is 3.22 bits per heavy atom. The molecule has 1 atom stereocenters. The zero-order chi connectivity index (χ0) is 6.53. The molecule has 1 rings (SSSR count). The lowest BCUT2D eigenvalue weighted by Gasteiger charge is -2.23. The Morgan fingerprint density at radius 1 is 1.78 bits per heavy atom. The predicted molar refractivity (Wildman–Crippen MR) is 36.3 cm³/mol. The average Bonchev–Trinajstić information content (AvgIpc) is 1.91. The minimum absolute atomic E-state index is 0.240. The van der Waals surface area contributed by atoms with Crippen molar-refractivity contribution >= 4 is 0 Å². The van der Waals surface area contributed by atoms with Crippen LogP contribution in [0.2, 0.25) is 0 Å². The third-order valence-corrected chi connectivity index (χ3v) is 1.36. The van der Waals surface area contributed by atoms with Gasteiger partial charge in [0.2, 0.25) is 0 Å². The van der Waals surface area contributed by atoms with Crippen molar-refractivity contribution in [2.24, 2.45) is 0 Å². The van der Waals surface area contributed by atoms with Crippen LogP contribution < -0.4 is 10.6 Å². The van der Waals surface area contributed by atoms with Gasteiger partial charge in [-0.2, -0.15) is 0 Å². The van der Waals surface area contributed by atoms with E-state index in [1.54, 1.807) is 0 Å². The molecule has 1 aliphatic rings. The highest BCUT2D eigenvalue weighted by molar-refractivity contribution is 4.63. The van der Waals surface area contributed by atoms with Crippen LogP contribution in [0.25, 0.3) is 0 Å². The maximum atomic E-state index is 5.34. The SMILES string of the molecule is CCNC1CNCCO1. The van der Waals surface area contributed by atoms with Gasteiger partial charge in [-0.1, -0.05) is 6.92 Å². The van der Waals surface area contributed by atoms with E-state index < -0.39 is 0 Å². The third-order valence-electron chi connectivity index (χ3n) is 1.36. The van der Waals surface area contributed by atoms with E-state index in [-0.39, 0.29) is 6.23 Å². The first kappa shape index (κ1) is 6.99. The molecule has 0 aliphatic carbocycles. The van der Waals surface area contributed by atoms with Gasteiger partial charge in [-0.05, 0) is 6.54 Å². The summed E-state index contributed by atoms with van der Waals surface area (Å²) in [6, 6.07) is 0. The van der Waals surface area contributed by atoms with Gasteiger partial charge < -0.3 is 10.1 Å². The van der Waals surface area contributed by atoms with E-state index in [2.05, 4.69) is 17.6 Å². The summed E-state index contributed by atoms with van der Waals surface area (Å²) in [6.07, 6.45) is 0.240. The molecule has 0 spiro atoms. The standard InChI is InChI=1S/C6H14N2O/c1-2-8-6-5-7-3-4-9-6/h6-8H,2-5H2,1H3. The number of rotatable bonds is 2. The summed E-state index contributed by atoms with van der Waals surface area (Å²) in [5, 5.41) is 6.43. The lowest BCUT2D eigenvalue weighted by atomic mass is 10.4. The molecule has 0 aromatic heterocycles. The van der Waals surface area contributed by atoms with Crippen molar-refractivity contribution in [3.63, 3.8) is 0 Å². The van der Waals surface area contributed by atoms with E-state index in [9.17, 15) is 0 Å². The molecule has 1 aliphatic heterocycles. The van der Waals surface area contributed by atoms with Crippen LogP contribution in [0.5, 0.6) is 0 Å². The normalized spacial score (nSPS) is 28.3. The summed E-state index contributed by atoms with van der Waals surface area (Å²) >= 11 is 0. The van der Waals surface area contributed by atoms with E-state index in [0.717, 1.165) is 26.2 Å². The maximum Gasteiger partial charge on any atom is 0.120 e. The molecule has 1 unspecified atom stereocenters. The van der Waals surface area contributed by atoms with E-state index >= 15 is 0 Å². The molecule has 1 heterocycles. The number of hydrogen-bond donors (Lipinski definition) is 2. The summed E-state index contributed by atoms with van der Waals surface area (Å²) < 4.78 is 5.34. The first-order valence-corrected chi connectivity index (χ1v) is 3.49. The molecule has 0 aromatic rings. The number of hydrogen-bond acceptors (Lipinski definition) is 3. The van der Waals surface area contributed by atoms with Gasteiger partial charge in [0, 0.05) is 13.1 Å². The fraction of sp³-hybridized carbons (Fsp3) is 1.00. The highest BCUT2D eigenvalue weighted by Crippen LogP contribution is 1.89. The number of nitrogens with one attached hydrogen (secondary N) is 2. The monoisotopic (exact) mass is 130 g/mol. The second-order valence-electron chi connectivity index (χ2n) is 2.12. The summed E-state index contributed by atoms with van der Waals surface area (Å²) in [5.74, 6) is 0. The lowest BCUT2D eigenvalue weighted by molar-refractivity contribution is 0.00823. The fourth-order valence-electron chi connectivity index (χ4n) is 0.924. The molecule has 0 amide bonds. The molecule has 0 saturated carbocycles. The Morgan fingerprint density at radius 2 is 2.67 bits per heavy atom. The minimum atomic E-state index is 0.240. The highest BCUT2D eigenvalue weighted by atomic mass is 16.5. The van der Waals surface area contributed by atoms with Gasteiger partial charge in [0.15, 0.2) is 0 Å². The van der Waals surface area contributed by atoms with Gasteiger partial charge in [-0.15, -0.1) is 0 Å². The third kappa shape index (κ3) is 2.30. The number of ether oxygens (including phenoxy) is 1. The van der Waals surface area contributed by atoms with Crippen LogP contribution >= 0.6 is 0 Å². The topological polar surface area (TPSA) is 33.3 Å². The molecule has 9 heavy (non-hydrogen) atoms. The average molecular weight is 130 g/mol. The van der Waals surface area contributed by atoms with Gasteiger partial charge in [-0.3, -0.25) is 5.32 Å². The Bertz CT molecular complexity index is 68.7. The minimum Gasteiger partial charge on any atom is -0.361 e. The second-order valence-corrected chi connectivity index (χ2v) is 2.12. The Kier molecular flexibility index (Phi) is 2.97. The summed E-state index contributed by atoms with van der Waals surface area (Å²) in [7, 11) is 0. The largest absolute Gasteiger partial charge is 0.361 e. The van der Waals surface area contributed by atoms with Crippen molar-refractivity contribution in [1.29, 1.82) is 0 Å². The summed E-state index contributed by atoms with van der Waals surface area (Å²) in [6.45, 7) is 5.82. The van der Waals surface area contributed by atoms with Crippen molar-refractivity contribution in [1.82, 2.24) is 10.6 Å². The van der Waals surface area contributed by atoms with Crippen LogP contribution in [-0.2, 0) is 4.74 Å². The summed E-state index contributed by atoms with van der Waals surface area (Å²) in [4.78, 5) is 0. The summed E-state index contributed by atoms with van der Waals surface area (Å²) in [5.41, 5.74) is 0. The first-order valence-electron chi connectivity index (χ1n) is 3.49. The molecule has 3 nitrogen and oxygen atoms in total. The Labute approximate surface area is 55.8 Å². The molecule has 1 saturated heterocycles. The second kappa shape index (κ2) is 3.82. The Hall–Kier alpha value is -0.120. The van der Waals surface area contributed by atoms with Gasteiger partial charge in [-0.25, -0.2) is 0 Å². The molecule has 3 heteroatoms. The van der Waals surface area contributed by atoms with Crippen LogP contribution in [0.1, 0.15) is 6.92 Å². The van der Waals surface area contributed by atoms with Crippen molar-refractivity contribution in [3.8, 4) is 0 Å². The Balaban J connectivity index is 2.08. The maximum absolute atomic E-state index is 5.34. The fourth-order valence-corrected chi connectivity index (χ4v) is 0.924. The number of morpholine rings is 1. The molecular weight excluding hydrogens is 116 g/mol. The lowest BCUT2D eigenvalue weighted by Crippen LogP contribution is -2.46. The van der Waals surface area contributed by atoms with Gasteiger partial charge >= 0.3 is 0 Å². The molecule has 0 aromatic carbocycles. The quantitative estimate of drug-likeness (QED) is 0.531. The molecule has 1 fully saturated rings. The van der Waals surface area contributed by atoms with E-state index in [1.165, 1.54) is 0 Å².